The molecule has 0 spiro atoms. The zero-order valence-electron chi connectivity index (χ0n) is 22.0. The molecule has 39 heavy (non-hydrogen) atoms. The fourth-order valence-electron chi connectivity index (χ4n) is 6.79. The Morgan fingerprint density at radius 2 is 1.82 bits per heavy atom. The van der Waals surface area contributed by atoms with Crippen molar-refractivity contribution in [3.05, 3.63) is 63.7 Å². The van der Waals surface area contributed by atoms with Gasteiger partial charge in [0.1, 0.15) is 5.75 Å². The van der Waals surface area contributed by atoms with Crippen LogP contribution in [0.25, 0.3) is 0 Å². The summed E-state index contributed by atoms with van der Waals surface area (Å²) in [5, 5.41) is 25.9. The van der Waals surface area contributed by atoms with Gasteiger partial charge in [0.15, 0.2) is 34.7 Å². The molecule has 0 aliphatic heterocycles. The molecule has 0 radical (unpaired) electrons. The van der Waals surface area contributed by atoms with Gasteiger partial charge in [-0.25, -0.2) is 0 Å². The molecule has 2 aromatic rings. The number of rotatable bonds is 6. The molecule has 5 rings (SSSR count). The number of hydrogen-bond donors (Lipinski definition) is 4. The molecule has 3 aliphatic rings. The number of nitrogens with one attached hydrogen (secondary N) is 1. The first-order chi connectivity index (χ1) is 18.5. The van der Waals surface area contributed by atoms with E-state index in [1.165, 1.54) is 0 Å². The van der Waals surface area contributed by atoms with Gasteiger partial charge in [-0.2, -0.15) is 0 Å². The maximum absolute atomic E-state index is 13.9. The van der Waals surface area contributed by atoms with E-state index in [9.17, 15) is 34.2 Å². The molecule has 5 atom stereocenters. The van der Waals surface area contributed by atoms with Crippen molar-refractivity contribution in [2.45, 2.75) is 58.2 Å². The summed E-state index contributed by atoms with van der Waals surface area (Å²) in [6.45, 7) is 4.78. The number of nitrogens with two attached hydrogens (primary N) is 1. The van der Waals surface area contributed by atoms with Crippen LogP contribution in [0.4, 0.5) is 0 Å². The average molecular weight is 533 g/mol. The molecular weight excluding hydrogens is 500 g/mol. The van der Waals surface area contributed by atoms with Gasteiger partial charge in [0.2, 0.25) is 5.91 Å². The number of Topliss-reactive ketones (excluding diaryl/α,β-unsaturated/α-hetero) is 4. The Kier molecular flexibility index (Phi) is 6.76. The van der Waals surface area contributed by atoms with Gasteiger partial charge < -0.3 is 21.3 Å². The van der Waals surface area contributed by atoms with E-state index in [0.717, 1.165) is 16.7 Å². The third kappa shape index (κ3) is 4.20. The highest BCUT2D eigenvalue weighted by Gasteiger charge is 2.66. The number of carbonyl (C=O) groups is 5. The van der Waals surface area contributed by atoms with Crippen LogP contribution in [-0.4, -0.2) is 44.9 Å². The topological polar surface area (TPSA) is 164 Å². The zero-order valence-corrected chi connectivity index (χ0v) is 22.0. The van der Waals surface area contributed by atoms with Gasteiger partial charge in [0.25, 0.3) is 0 Å². The van der Waals surface area contributed by atoms with E-state index in [2.05, 4.69) is 11.4 Å². The number of phenols is 1. The van der Waals surface area contributed by atoms with Crippen molar-refractivity contribution in [3.63, 3.8) is 0 Å². The van der Waals surface area contributed by atoms with Gasteiger partial charge in [-0.3, -0.25) is 24.0 Å². The minimum Gasteiger partial charge on any atom is -0.507 e. The van der Waals surface area contributed by atoms with Crippen LogP contribution < -0.4 is 11.1 Å². The van der Waals surface area contributed by atoms with Crippen LogP contribution in [0.15, 0.2) is 30.3 Å². The van der Waals surface area contributed by atoms with Crippen molar-refractivity contribution >= 4 is 29.0 Å². The normalized spacial score (nSPS) is 28.1. The predicted octanol–water partition coefficient (Wildman–Crippen LogP) is 1.49. The number of aromatic hydroxyl groups is 1. The van der Waals surface area contributed by atoms with Crippen LogP contribution in [0.5, 0.6) is 5.75 Å². The van der Waals surface area contributed by atoms with Gasteiger partial charge in [-0.15, -0.1) is 0 Å². The van der Waals surface area contributed by atoms with Crippen LogP contribution >= 0.6 is 0 Å². The Balaban J connectivity index is 1.48. The van der Waals surface area contributed by atoms with Crippen molar-refractivity contribution in [1.82, 2.24) is 5.32 Å². The summed E-state index contributed by atoms with van der Waals surface area (Å²) in [5.74, 6) is -9.90. The second-order valence-corrected chi connectivity index (χ2v) is 11.1. The average Bonchev–Trinajstić information content (AvgIpc) is 2.87. The first kappa shape index (κ1) is 26.9. The second-order valence-electron chi connectivity index (χ2n) is 11.1. The Labute approximate surface area is 225 Å². The SMILES string of the molecule is CCc1cc(CNCc2cccc(C)c2)c(O)c2c1C[C@H]1C[C@H]3CC(=O)C(C(N)=O)C(=O)[C@@]3(O)C(=O)C1C2=O. The zero-order chi connectivity index (χ0) is 28.2. The number of hydrogen-bond acceptors (Lipinski definition) is 8. The number of aryl methyl sites for hydroxylation is 2. The monoisotopic (exact) mass is 532 g/mol. The van der Waals surface area contributed by atoms with Gasteiger partial charge >= 0.3 is 0 Å². The fraction of sp³-hybridized carbons (Fsp3) is 0.433. The lowest BCUT2D eigenvalue weighted by molar-refractivity contribution is -0.175. The molecular formula is C30H32N2O7. The molecule has 0 saturated heterocycles. The summed E-state index contributed by atoms with van der Waals surface area (Å²) in [6, 6.07) is 9.88. The Morgan fingerprint density at radius 3 is 2.49 bits per heavy atom. The summed E-state index contributed by atoms with van der Waals surface area (Å²) in [7, 11) is 0. The molecule has 0 aromatic heterocycles. The van der Waals surface area contributed by atoms with Crippen molar-refractivity contribution in [3.8, 4) is 5.75 Å². The van der Waals surface area contributed by atoms with Crippen molar-refractivity contribution in [2.75, 3.05) is 0 Å². The van der Waals surface area contributed by atoms with Gasteiger partial charge in [0, 0.05) is 31.0 Å². The molecule has 9 nitrogen and oxygen atoms in total. The predicted molar refractivity (Wildman–Crippen MR) is 140 cm³/mol. The maximum atomic E-state index is 13.9. The summed E-state index contributed by atoms with van der Waals surface area (Å²) in [4.78, 5) is 64.9. The number of carbonyl (C=O) groups excluding carboxylic acids is 5. The van der Waals surface area contributed by atoms with Crippen LogP contribution in [0.2, 0.25) is 0 Å². The quantitative estimate of drug-likeness (QED) is 0.407. The van der Waals surface area contributed by atoms with Crippen LogP contribution in [-0.2, 0) is 45.1 Å². The van der Waals surface area contributed by atoms with E-state index in [1.54, 1.807) is 0 Å². The smallest absolute Gasteiger partial charge is 0.235 e. The van der Waals surface area contributed by atoms with Crippen molar-refractivity contribution in [2.24, 2.45) is 29.4 Å². The molecule has 204 valence electrons. The van der Waals surface area contributed by atoms with E-state index in [1.807, 2.05) is 38.1 Å². The van der Waals surface area contributed by atoms with E-state index in [-0.39, 0.29) is 30.7 Å². The van der Waals surface area contributed by atoms with Crippen LogP contribution in [0, 0.1) is 30.6 Å². The number of ketones is 4. The summed E-state index contributed by atoms with van der Waals surface area (Å²) >= 11 is 0. The standard InChI is InChI=1S/C30H32N2O7/c1-3-16-8-18(13-32-12-15-6-4-5-14(2)7-15)25(34)23-20(16)10-17-9-19-11-21(33)24(29(31)38)28(37)30(19,39)27(36)22(17)26(23)35/h4-8,17,19,22,24,32,34,39H,3,9-13H2,1-2H3,(H2,31,38)/t17-,19+,22?,24?,30+/m1/s1. The molecule has 2 fully saturated rings. The first-order valence-corrected chi connectivity index (χ1v) is 13.3. The molecule has 3 aliphatic carbocycles. The minimum atomic E-state index is -2.64. The number of amides is 1. The van der Waals surface area contributed by atoms with E-state index in [0.29, 0.717) is 30.5 Å². The summed E-state index contributed by atoms with van der Waals surface area (Å²) in [6.07, 6.45) is 0.629. The molecule has 0 heterocycles. The first-order valence-electron chi connectivity index (χ1n) is 13.3. The lowest BCUT2D eigenvalue weighted by Crippen LogP contribution is -2.68. The fourth-order valence-corrected chi connectivity index (χ4v) is 6.79. The molecule has 2 aromatic carbocycles. The Bertz CT molecular complexity index is 1430. The third-order valence-corrected chi connectivity index (χ3v) is 8.68. The van der Waals surface area contributed by atoms with Crippen LogP contribution in [0.3, 0.4) is 0 Å². The van der Waals surface area contributed by atoms with E-state index >= 15 is 0 Å². The van der Waals surface area contributed by atoms with Gasteiger partial charge in [0.05, 0.1) is 11.5 Å². The van der Waals surface area contributed by atoms with Crippen LogP contribution in [0.1, 0.15) is 57.9 Å². The number of fused-ring (bicyclic) bond motifs is 3. The molecule has 2 unspecified atom stereocenters. The Morgan fingerprint density at radius 1 is 1.08 bits per heavy atom. The number of benzene rings is 2. The summed E-state index contributed by atoms with van der Waals surface area (Å²) in [5.41, 5.74) is 6.89. The molecule has 9 heteroatoms. The van der Waals surface area contributed by atoms with E-state index in [4.69, 9.17) is 5.73 Å². The number of phenolic OH excluding ortho intramolecular Hbond substituents is 1. The van der Waals surface area contributed by atoms with E-state index < -0.39 is 58.3 Å². The summed E-state index contributed by atoms with van der Waals surface area (Å²) < 4.78 is 0. The highest BCUT2D eigenvalue weighted by Crippen LogP contribution is 2.50. The largest absolute Gasteiger partial charge is 0.507 e. The molecule has 1 amide bonds. The highest BCUT2D eigenvalue weighted by molar-refractivity contribution is 6.31. The second kappa shape index (κ2) is 9.81. The molecule has 0 bridgehead atoms. The lowest BCUT2D eigenvalue weighted by Gasteiger charge is -2.48. The number of aliphatic hydroxyl groups is 1. The lowest BCUT2D eigenvalue weighted by atomic mass is 9.53. The molecule has 2 saturated carbocycles. The highest BCUT2D eigenvalue weighted by atomic mass is 16.3. The molecule has 5 N–H and O–H groups in total. The Hall–Kier alpha value is -3.69. The maximum Gasteiger partial charge on any atom is 0.235 e. The van der Waals surface area contributed by atoms with Gasteiger partial charge in [-0.05, 0) is 48.8 Å². The minimum absolute atomic E-state index is 0.0455. The van der Waals surface area contributed by atoms with Crippen molar-refractivity contribution < 1.29 is 34.2 Å². The third-order valence-electron chi connectivity index (χ3n) is 8.68. The van der Waals surface area contributed by atoms with Gasteiger partial charge in [-0.1, -0.05) is 42.8 Å². The van der Waals surface area contributed by atoms with Crippen molar-refractivity contribution in [1.29, 1.82) is 0 Å². The number of primary amides is 1.